The Morgan fingerprint density at radius 1 is 0.964 bits per heavy atom. The van der Waals surface area contributed by atoms with Crippen molar-refractivity contribution in [3.63, 3.8) is 0 Å². The number of aromatic nitrogens is 5. The minimum atomic E-state index is 0.0591. The van der Waals surface area contributed by atoms with Gasteiger partial charge in [0.1, 0.15) is 11.6 Å². The third-order valence-electron chi connectivity index (χ3n) is 6.69. The number of aryl methyl sites for hydroxylation is 3. The molecule has 0 N–H and O–H groups in total. The average molecular weight is 383 g/mol. The Balaban J connectivity index is 1.33. The molecule has 1 unspecified atom stereocenters. The highest BCUT2D eigenvalue weighted by molar-refractivity contribution is 5.20. The second-order valence-electron chi connectivity index (χ2n) is 8.61. The Kier molecular flexibility index (Phi) is 5.01. The van der Waals surface area contributed by atoms with Crippen molar-refractivity contribution in [3.05, 3.63) is 39.3 Å². The van der Waals surface area contributed by atoms with Gasteiger partial charge in [0.05, 0.1) is 18.8 Å². The van der Waals surface area contributed by atoms with Gasteiger partial charge >= 0.3 is 0 Å². The van der Waals surface area contributed by atoms with Gasteiger partial charge in [-0.3, -0.25) is 9.69 Å². The minimum absolute atomic E-state index is 0.0591. The van der Waals surface area contributed by atoms with E-state index in [2.05, 4.69) is 19.7 Å². The van der Waals surface area contributed by atoms with E-state index in [-0.39, 0.29) is 5.56 Å². The Morgan fingerprint density at radius 2 is 1.86 bits per heavy atom. The van der Waals surface area contributed by atoms with Gasteiger partial charge in [-0.25, -0.2) is 4.68 Å². The summed E-state index contributed by atoms with van der Waals surface area (Å²) in [4.78, 5) is 15.1. The first-order chi connectivity index (χ1) is 13.8. The Morgan fingerprint density at radius 3 is 2.82 bits per heavy atom. The van der Waals surface area contributed by atoms with Crippen LogP contribution in [0.1, 0.15) is 67.9 Å². The molecule has 7 nitrogen and oxygen atoms in total. The van der Waals surface area contributed by atoms with Gasteiger partial charge in [-0.15, -0.1) is 10.2 Å². The standard InChI is InChI=1S/C21H30N6O/c28-21-13-16-7-3-4-9-18(16)24-27(21)14-17-8-6-11-25(17)15-20-23-22-19-10-2-1-5-12-26(19)20/h13,17H,1-12,14-15H2. The molecule has 28 heavy (non-hydrogen) atoms. The zero-order chi connectivity index (χ0) is 18.9. The number of nitrogens with zero attached hydrogens (tertiary/aromatic N) is 6. The lowest BCUT2D eigenvalue weighted by atomic mass is 9.97. The minimum Gasteiger partial charge on any atom is -0.314 e. The zero-order valence-corrected chi connectivity index (χ0v) is 16.6. The molecule has 1 fully saturated rings. The molecule has 1 saturated heterocycles. The molecule has 2 aromatic heterocycles. The summed E-state index contributed by atoms with van der Waals surface area (Å²) in [5.41, 5.74) is 2.36. The van der Waals surface area contributed by atoms with E-state index >= 15 is 0 Å². The molecule has 7 heteroatoms. The summed E-state index contributed by atoms with van der Waals surface area (Å²) >= 11 is 0. The van der Waals surface area contributed by atoms with Crippen molar-refractivity contribution < 1.29 is 0 Å². The number of hydrogen-bond donors (Lipinski definition) is 0. The maximum absolute atomic E-state index is 12.6. The van der Waals surface area contributed by atoms with E-state index in [1.807, 2.05) is 6.07 Å². The second-order valence-corrected chi connectivity index (χ2v) is 8.61. The average Bonchev–Trinajstić information content (AvgIpc) is 3.22. The normalized spacial score (nSPS) is 22.6. The Labute approximate surface area is 165 Å². The van der Waals surface area contributed by atoms with Crippen LogP contribution < -0.4 is 5.56 Å². The zero-order valence-electron chi connectivity index (χ0n) is 16.6. The summed E-state index contributed by atoms with van der Waals surface area (Å²) in [6.45, 7) is 3.62. The largest absolute Gasteiger partial charge is 0.314 e. The lowest BCUT2D eigenvalue weighted by molar-refractivity contribution is 0.208. The third-order valence-corrected chi connectivity index (χ3v) is 6.69. The van der Waals surface area contributed by atoms with Crippen molar-refractivity contribution in [2.24, 2.45) is 0 Å². The van der Waals surface area contributed by atoms with Crippen molar-refractivity contribution in [2.75, 3.05) is 6.54 Å². The van der Waals surface area contributed by atoms with Crippen molar-refractivity contribution in [1.82, 2.24) is 29.4 Å². The van der Waals surface area contributed by atoms with Gasteiger partial charge in [-0.1, -0.05) is 6.42 Å². The predicted octanol–water partition coefficient (Wildman–Crippen LogP) is 2.10. The topological polar surface area (TPSA) is 68.8 Å². The number of fused-ring (bicyclic) bond motifs is 2. The van der Waals surface area contributed by atoms with Gasteiger partial charge in [0.15, 0.2) is 0 Å². The van der Waals surface area contributed by atoms with E-state index in [1.54, 1.807) is 4.68 Å². The summed E-state index contributed by atoms with van der Waals surface area (Å²) in [7, 11) is 0. The molecule has 5 rings (SSSR count). The quantitative estimate of drug-likeness (QED) is 0.810. The van der Waals surface area contributed by atoms with Crippen molar-refractivity contribution in [1.29, 1.82) is 0 Å². The molecule has 3 aliphatic rings. The molecule has 0 spiro atoms. The van der Waals surface area contributed by atoms with Gasteiger partial charge in [0.25, 0.3) is 5.56 Å². The molecule has 0 saturated carbocycles. The smallest absolute Gasteiger partial charge is 0.267 e. The maximum atomic E-state index is 12.6. The molecule has 0 radical (unpaired) electrons. The number of likely N-dealkylation sites (tertiary alicyclic amines) is 1. The molecule has 150 valence electrons. The van der Waals surface area contributed by atoms with Crippen LogP contribution in [0.2, 0.25) is 0 Å². The van der Waals surface area contributed by atoms with Gasteiger partial charge < -0.3 is 4.57 Å². The SMILES string of the molecule is O=c1cc2c(nn1CC1CCCN1Cc1nnc3n1CCCCC3)CCCC2. The molecule has 2 aromatic rings. The highest BCUT2D eigenvalue weighted by Crippen LogP contribution is 2.23. The van der Waals surface area contributed by atoms with Crippen LogP contribution in [0.5, 0.6) is 0 Å². The number of hydrogen-bond acceptors (Lipinski definition) is 5. The summed E-state index contributed by atoms with van der Waals surface area (Å²) in [6.07, 6.45) is 11.4. The monoisotopic (exact) mass is 382 g/mol. The van der Waals surface area contributed by atoms with Crippen LogP contribution in [-0.2, 0) is 38.9 Å². The van der Waals surface area contributed by atoms with Crippen molar-refractivity contribution in [3.8, 4) is 0 Å². The van der Waals surface area contributed by atoms with E-state index in [9.17, 15) is 4.79 Å². The fourth-order valence-electron chi connectivity index (χ4n) is 5.09. The Hall–Kier alpha value is -2.02. The lowest BCUT2D eigenvalue weighted by Crippen LogP contribution is -2.38. The first kappa shape index (κ1) is 18.0. The van der Waals surface area contributed by atoms with E-state index in [0.717, 1.165) is 62.7 Å². The third kappa shape index (κ3) is 3.52. The molecule has 2 aliphatic heterocycles. The molecule has 1 aliphatic carbocycles. The molecule has 0 aromatic carbocycles. The Bertz CT molecular complexity index is 901. The summed E-state index contributed by atoms with van der Waals surface area (Å²) in [5.74, 6) is 2.24. The molecule has 0 amide bonds. The van der Waals surface area contributed by atoms with E-state index < -0.39 is 0 Å². The summed E-state index contributed by atoms with van der Waals surface area (Å²) < 4.78 is 4.06. The van der Waals surface area contributed by atoms with E-state index in [1.165, 1.54) is 44.1 Å². The molecular formula is C21H30N6O. The molecular weight excluding hydrogens is 352 g/mol. The van der Waals surface area contributed by atoms with Gasteiger partial charge in [0, 0.05) is 25.1 Å². The summed E-state index contributed by atoms with van der Waals surface area (Å²) in [6, 6.07) is 2.18. The van der Waals surface area contributed by atoms with Crippen LogP contribution in [0.25, 0.3) is 0 Å². The van der Waals surface area contributed by atoms with Crippen LogP contribution in [0.3, 0.4) is 0 Å². The fraction of sp³-hybridized carbons (Fsp3) is 0.714. The van der Waals surface area contributed by atoms with Gasteiger partial charge in [-0.2, -0.15) is 5.10 Å². The highest BCUT2D eigenvalue weighted by Gasteiger charge is 2.28. The maximum Gasteiger partial charge on any atom is 0.267 e. The molecule has 4 heterocycles. The second kappa shape index (κ2) is 7.78. The van der Waals surface area contributed by atoms with Crippen LogP contribution in [0, 0.1) is 0 Å². The first-order valence-corrected chi connectivity index (χ1v) is 11.0. The van der Waals surface area contributed by atoms with Crippen molar-refractivity contribution in [2.45, 2.75) is 89.9 Å². The van der Waals surface area contributed by atoms with Crippen molar-refractivity contribution >= 4 is 0 Å². The van der Waals surface area contributed by atoms with Gasteiger partial charge in [0.2, 0.25) is 0 Å². The first-order valence-electron chi connectivity index (χ1n) is 11.0. The van der Waals surface area contributed by atoms with Gasteiger partial charge in [-0.05, 0) is 63.5 Å². The molecule has 0 bridgehead atoms. The van der Waals surface area contributed by atoms with Crippen LogP contribution in [-0.4, -0.2) is 42.0 Å². The predicted molar refractivity (Wildman–Crippen MR) is 106 cm³/mol. The van der Waals surface area contributed by atoms with Crippen LogP contribution >= 0.6 is 0 Å². The fourth-order valence-corrected chi connectivity index (χ4v) is 5.09. The summed E-state index contributed by atoms with van der Waals surface area (Å²) in [5, 5.41) is 13.7. The highest BCUT2D eigenvalue weighted by atomic mass is 16.1. The van der Waals surface area contributed by atoms with E-state index in [0.29, 0.717) is 12.6 Å². The lowest BCUT2D eigenvalue weighted by Gasteiger charge is -2.25. The van der Waals surface area contributed by atoms with Crippen LogP contribution in [0.4, 0.5) is 0 Å². The van der Waals surface area contributed by atoms with E-state index in [4.69, 9.17) is 5.10 Å². The molecule has 1 atom stereocenters. The van der Waals surface area contributed by atoms with Crippen LogP contribution in [0.15, 0.2) is 10.9 Å². The number of rotatable bonds is 4.